The summed E-state index contributed by atoms with van der Waals surface area (Å²) in [5.41, 5.74) is 0.642. The average molecular weight is 265 g/mol. The molecule has 0 saturated carbocycles. The van der Waals surface area contributed by atoms with Crippen LogP contribution in [-0.4, -0.2) is 35.4 Å². The van der Waals surface area contributed by atoms with Gasteiger partial charge in [-0.2, -0.15) is 0 Å². The second kappa shape index (κ2) is 6.17. The van der Waals surface area contributed by atoms with Crippen molar-refractivity contribution in [2.45, 2.75) is 26.8 Å². The van der Waals surface area contributed by atoms with Gasteiger partial charge in [0.15, 0.2) is 0 Å². The molecular weight excluding hydrogens is 246 g/mol. The van der Waals surface area contributed by atoms with Crippen LogP contribution >= 0.6 is 0 Å². The van der Waals surface area contributed by atoms with Gasteiger partial charge in [-0.15, -0.1) is 0 Å². The molecular formula is C13H19N3O3. The normalized spacial score (nSPS) is 10.4. The van der Waals surface area contributed by atoms with Gasteiger partial charge in [0.25, 0.3) is 11.6 Å². The Kier molecular flexibility index (Phi) is 4.86. The SMILES string of the molecule is CCN(C(=O)c1ccc(NC)c([N+](=O)[O-])c1)C(C)C. The van der Waals surface area contributed by atoms with Crippen LogP contribution in [0.3, 0.4) is 0 Å². The van der Waals surface area contributed by atoms with E-state index in [-0.39, 0.29) is 17.6 Å². The number of hydrogen-bond donors (Lipinski definition) is 1. The molecule has 0 radical (unpaired) electrons. The predicted octanol–water partition coefficient (Wildman–Crippen LogP) is 2.51. The highest BCUT2D eigenvalue weighted by molar-refractivity contribution is 5.95. The van der Waals surface area contributed by atoms with Gasteiger partial charge in [0, 0.05) is 31.3 Å². The summed E-state index contributed by atoms with van der Waals surface area (Å²) in [6.07, 6.45) is 0. The smallest absolute Gasteiger partial charge is 0.293 e. The first-order valence-electron chi connectivity index (χ1n) is 6.19. The molecule has 19 heavy (non-hydrogen) atoms. The summed E-state index contributed by atoms with van der Waals surface area (Å²) in [6, 6.07) is 4.53. The third kappa shape index (κ3) is 3.21. The summed E-state index contributed by atoms with van der Waals surface area (Å²) in [5.74, 6) is -0.191. The molecule has 0 unspecified atom stereocenters. The number of nitro groups is 1. The largest absolute Gasteiger partial charge is 0.383 e. The molecule has 104 valence electrons. The molecule has 6 nitrogen and oxygen atoms in total. The monoisotopic (exact) mass is 265 g/mol. The number of carbonyl (C=O) groups is 1. The Hall–Kier alpha value is -2.11. The molecule has 1 aromatic rings. The molecule has 1 N–H and O–H groups in total. The Balaban J connectivity index is 3.18. The van der Waals surface area contributed by atoms with Crippen LogP contribution in [0.25, 0.3) is 0 Å². The Morgan fingerprint density at radius 1 is 1.47 bits per heavy atom. The van der Waals surface area contributed by atoms with E-state index in [1.165, 1.54) is 6.07 Å². The zero-order valence-electron chi connectivity index (χ0n) is 11.6. The van der Waals surface area contributed by atoms with Crippen LogP contribution in [0, 0.1) is 10.1 Å². The number of amides is 1. The molecule has 0 aliphatic rings. The lowest BCUT2D eigenvalue weighted by Gasteiger charge is -2.25. The van der Waals surface area contributed by atoms with Crippen molar-refractivity contribution in [3.63, 3.8) is 0 Å². The maximum absolute atomic E-state index is 12.3. The minimum Gasteiger partial charge on any atom is -0.383 e. The highest BCUT2D eigenvalue weighted by Crippen LogP contribution is 2.25. The van der Waals surface area contributed by atoms with Crippen LogP contribution in [0.15, 0.2) is 18.2 Å². The maximum atomic E-state index is 12.3. The van der Waals surface area contributed by atoms with Crippen molar-refractivity contribution in [2.75, 3.05) is 18.9 Å². The van der Waals surface area contributed by atoms with E-state index in [0.717, 1.165) is 0 Å². The van der Waals surface area contributed by atoms with Gasteiger partial charge in [-0.25, -0.2) is 0 Å². The quantitative estimate of drug-likeness (QED) is 0.655. The van der Waals surface area contributed by atoms with E-state index in [1.54, 1.807) is 24.1 Å². The first-order chi connectivity index (χ1) is 8.92. The molecule has 0 aromatic heterocycles. The number of carbonyl (C=O) groups excluding carboxylic acids is 1. The second-order valence-corrected chi connectivity index (χ2v) is 4.42. The van der Waals surface area contributed by atoms with E-state index in [0.29, 0.717) is 17.8 Å². The fraction of sp³-hybridized carbons (Fsp3) is 0.462. The second-order valence-electron chi connectivity index (χ2n) is 4.42. The van der Waals surface area contributed by atoms with E-state index in [4.69, 9.17) is 0 Å². The van der Waals surface area contributed by atoms with Gasteiger partial charge < -0.3 is 10.2 Å². The summed E-state index contributed by atoms with van der Waals surface area (Å²) in [7, 11) is 1.61. The number of nitro benzene ring substituents is 1. The van der Waals surface area contributed by atoms with Crippen LogP contribution in [0.2, 0.25) is 0 Å². The van der Waals surface area contributed by atoms with E-state index in [9.17, 15) is 14.9 Å². The lowest BCUT2D eigenvalue weighted by atomic mass is 10.1. The third-order valence-electron chi connectivity index (χ3n) is 2.94. The van der Waals surface area contributed by atoms with Gasteiger partial charge in [-0.3, -0.25) is 14.9 Å². The standard InChI is InChI=1S/C13H19N3O3/c1-5-15(9(2)3)13(17)10-6-7-11(14-4)12(8-10)16(18)19/h6-9,14H,5H2,1-4H3. The molecule has 0 saturated heterocycles. The van der Waals surface area contributed by atoms with Gasteiger partial charge in [0.2, 0.25) is 0 Å². The van der Waals surface area contributed by atoms with Crippen LogP contribution in [-0.2, 0) is 0 Å². The van der Waals surface area contributed by atoms with Crippen LogP contribution < -0.4 is 5.32 Å². The highest BCUT2D eigenvalue weighted by Gasteiger charge is 2.21. The molecule has 6 heteroatoms. The van der Waals surface area contributed by atoms with Crippen molar-refractivity contribution in [1.82, 2.24) is 4.90 Å². The maximum Gasteiger partial charge on any atom is 0.293 e. The van der Waals surface area contributed by atoms with Gasteiger partial charge in [-0.05, 0) is 32.9 Å². The van der Waals surface area contributed by atoms with Crippen LogP contribution in [0.1, 0.15) is 31.1 Å². The van der Waals surface area contributed by atoms with Gasteiger partial charge in [0.1, 0.15) is 5.69 Å². The first-order valence-corrected chi connectivity index (χ1v) is 6.19. The number of hydrogen-bond acceptors (Lipinski definition) is 4. The molecule has 0 aliphatic heterocycles. The lowest BCUT2D eigenvalue weighted by molar-refractivity contribution is -0.384. The fourth-order valence-electron chi connectivity index (χ4n) is 1.94. The van der Waals surface area contributed by atoms with Crippen LogP contribution in [0.4, 0.5) is 11.4 Å². The summed E-state index contributed by atoms with van der Waals surface area (Å²) in [4.78, 5) is 24.4. The molecule has 0 fully saturated rings. The molecule has 0 spiro atoms. The zero-order chi connectivity index (χ0) is 14.6. The lowest BCUT2D eigenvalue weighted by Crippen LogP contribution is -2.36. The Bertz CT molecular complexity index is 486. The molecule has 0 atom stereocenters. The van der Waals surface area contributed by atoms with Gasteiger partial charge >= 0.3 is 0 Å². The Labute approximate surface area is 112 Å². The first kappa shape index (κ1) is 14.9. The molecule has 0 aliphatic carbocycles. The van der Waals surface area contributed by atoms with Crippen molar-refractivity contribution in [3.05, 3.63) is 33.9 Å². The highest BCUT2D eigenvalue weighted by atomic mass is 16.6. The topological polar surface area (TPSA) is 75.5 Å². The fourth-order valence-corrected chi connectivity index (χ4v) is 1.94. The van der Waals surface area contributed by atoms with Crippen molar-refractivity contribution in [3.8, 4) is 0 Å². The van der Waals surface area contributed by atoms with E-state index < -0.39 is 4.92 Å². The molecule has 0 bridgehead atoms. The molecule has 1 amide bonds. The van der Waals surface area contributed by atoms with Crippen LogP contribution in [0.5, 0.6) is 0 Å². The van der Waals surface area contributed by atoms with E-state index >= 15 is 0 Å². The molecule has 1 aromatic carbocycles. The summed E-state index contributed by atoms with van der Waals surface area (Å²) in [5, 5.41) is 13.7. The van der Waals surface area contributed by atoms with Crippen molar-refractivity contribution >= 4 is 17.3 Å². The zero-order valence-corrected chi connectivity index (χ0v) is 11.6. The number of nitrogens with zero attached hydrogens (tertiary/aromatic N) is 2. The van der Waals surface area contributed by atoms with Crippen molar-refractivity contribution < 1.29 is 9.72 Å². The summed E-state index contributed by atoms with van der Waals surface area (Å²) in [6.45, 7) is 6.28. The van der Waals surface area contributed by atoms with Gasteiger partial charge in [-0.1, -0.05) is 0 Å². The molecule has 1 rings (SSSR count). The number of anilines is 1. The Morgan fingerprint density at radius 2 is 2.11 bits per heavy atom. The summed E-state index contributed by atoms with van der Waals surface area (Å²) >= 11 is 0. The minimum atomic E-state index is -0.492. The summed E-state index contributed by atoms with van der Waals surface area (Å²) < 4.78 is 0. The number of nitrogens with one attached hydrogen (secondary N) is 1. The van der Waals surface area contributed by atoms with E-state index in [1.807, 2.05) is 20.8 Å². The number of rotatable bonds is 5. The Morgan fingerprint density at radius 3 is 2.53 bits per heavy atom. The van der Waals surface area contributed by atoms with E-state index in [2.05, 4.69) is 5.32 Å². The predicted molar refractivity (Wildman–Crippen MR) is 74.5 cm³/mol. The number of benzene rings is 1. The minimum absolute atomic E-state index is 0.0560. The van der Waals surface area contributed by atoms with Crippen molar-refractivity contribution in [1.29, 1.82) is 0 Å². The van der Waals surface area contributed by atoms with Gasteiger partial charge in [0.05, 0.1) is 4.92 Å². The third-order valence-corrected chi connectivity index (χ3v) is 2.94. The average Bonchev–Trinajstić information content (AvgIpc) is 2.38. The van der Waals surface area contributed by atoms with Crippen molar-refractivity contribution in [2.24, 2.45) is 0 Å². The molecule has 0 heterocycles.